The van der Waals surface area contributed by atoms with Gasteiger partial charge >= 0.3 is 5.97 Å². The Morgan fingerprint density at radius 1 is 1.65 bits per heavy atom. The van der Waals surface area contributed by atoms with Crippen molar-refractivity contribution in [3.05, 3.63) is 39.7 Å². The summed E-state index contributed by atoms with van der Waals surface area (Å²) in [6.45, 7) is 0.953. The van der Waals surface area contributed by atoms with Crippen molar-refractivity contribution >= 4 is 11.7 Å². The van der Waals surface area contributed by atoms with Gasteiger partial charge in [-0.3, -0.25) is 10.1 Å². The summed E-state index contributed by atoms with van der Waals surface area (Å²) in [6, 6.07) is 2.93. The molecule has 0 aliphatic heterocycles. The van der Waals surface area contributed by atoms with Crippen LogP contribution in [0, 0.1) is 15.9 Å². The number of halogens is 1. The highest BCUT2D eigenvalue weighted by molar-refractivity contribution is 5.71. The summed E-state index contributed by atoms with van der Waals surface area (Å²) in [5.41, 5.74) is -0.299. The first kappa shape index (κ1) is 13.0. The molecule has 1 aromatic rings. The molecule has 0 bridgehead atoms. The molecular weight excluding hydrogens is 233 g/mol. The zero-order chi connectivity index (χ0) is 13.0. The predicted octanol–water partition coefficient (Wildman–Crippen LogP) is 1.72. The molecule has 0 unspecified atom stereocenters. The fourth-order valence-corrected chi connectivity index (χ4v) is 1.13. The smallest absolute Gasteiger partial charge is 0.332 e. The number of rotatable bonds is 5. The number of benzene rings is 1. The normalized spacial score (nSPS) is 12.1. The average Bonchev–Trinajstić information content (AvgIpc) is 2.25. The van der Waals surface area contributed by atoms with Gasteiger partial charge in [-0.15, -0.1) is 0 Å². The molecule has 0 aromatic heterocycles. The van der Waals surface area contributed by atoms with E-state index in [0.717, 1.165) is 18.2 Å². The molecule has 0 aliphatic rings. The number of carbonyl (C=O) groups is 1. The predicted molar refractivity (Wildman–Crippen MR) is 54.9 cm³/mol. The van der Waals surface area contributed by atoms with E-state index in [1.54, 1.807) is 0 Å². The highest BCUT2D eigenvalue weighted by Crippen LogP contribution is 2.20. The molecular formula is C10H10FNO5. The monoisotopic (exact) mass is 243 g/mol. The summed E-state index contributed by atoms with van der Waals surface area (Å²) in [5, 5.41) is 19.2. The van der Waals surface area contributed by atoms with Crippen molar-refractivity contribution in [3.63, 3.8) is 0 Å². The summed E-state index contributed by atoms with van der Waals surface area (Å²) >= 11 is 0. The van der Waals surface area contributed by atoms with Crippen LogP contribution in [-0.4, -0.2) is 22.1 Å². The van der Waals surface area contributed by atoms with Crippen LogP contribution in [0.3, 0.4) is 0 Å². The number of hydrogen-bond acceptors (Lipinski definition) is 4. The van der Waals surface area contributed by atoms with Crippen LogP contribution in [0.15, 0.2) is 18.2 Å². The van der Waals surface area contributed by atoms with Crippen LogP contribution in [0.1, 0.15) is 12.5 Å². The highest BCUT2D eigenvalue weighted by Gasteiger charge is 2.17. The summed E-state index contributed by atoms with van der Waals surface area (Å²) in [6.07, 6.45) is -1.11. The lowest BCUT2D eigenvalue weighted by molar-refractivity contribution is -0.386. The number of carboxylic acid groups (broad SMARTS) is 1. The first-order valence-corrected chi connectivity index (χ1v) is 4.69. The number of nitrogens with zero attached hydrogens (tertiary/aromatic N) is 1. The Kier molecular flexibility index (Phi) is 4.11. The number of nitro groups is 1. The van der Waals surface area contributed by atoms with Crippen LogP contribution in [0.5, 0.6) is 0 Å². The quantitative estimate of drug-likeness (QED) is 0.628. The molecule has 6 nitrogen and oxygen atoms in total. The second-order valence-electron chi connectivity index (χ2n) is 3.32. The van der Waals surface area contributed by atoms with E-state index in [4.69, 9.17) is 9.84 Å². The van der Waals surface area contributed by atoms with Crippen molar-refractivity contribution in [3.8, 4) is 0 Å². The summed E-state index contributed by atoms with van der Waals surface area (Å²) < 4.78 is 17.8. The van der Waals surface area contributed by atoms with Crippen molar-refractivity contribution < 1.29 is 24.0 Å². The average molecular weight is 243 g/mol. The molecule has 17 heavy (non-hydrogen) atoms. The van der Waals surface area contributed by atoms with Crippen molar-refractivity contribution in [1.82, 2.24) is 0 Å². The Balaban J connectivity index is 2.85. The van der Waals surface area contributed by atoms with Crippen LogP contribution in [0.2, 0.25) is 0 Å². The standard InChI is InChI=1S/C10H10FNO5/c1-6(10(13)14)17-5-7-4-8(11)2-3-9(7)12(15)16/h2-4,6H,5H2,1H3,(H,13,14)/t6-/m1/s1. The van der Waals surface area contributed by atoms with Gasteiger partial charge in [0, 0.05) is 6.07 Å². The van der Waals surface area contributed by atoms with Gasteiger partial charge in [-0.1, -0.05) is 0 Å². The third-order valence-electron chi connectivity index (χ3n) is 2.07. The Labute approximate surface area is 95.8 Å². The number of carboxylic acids is 1. The molecule has 0 heterocycles. The van der Waals surface area contributed by atoms with Gasteiger partial charge in [0.15, 0.2) is 6.10 Å². The number of hydrogen-bond donors (Lipinski definition) is 1. The lowest BCUT2D eigenvalue weighted by atomic mass is 10.2. The summed E-state index contributed by atoms with van der Waals surface area (Å²) in [7, 11) is 0. The maximum absolute atomic E-state index is 12.9. The zero-order valence-electron chi connectivity index (χ0n) is 8.92. The molecule has 7 heteroatoms. The van der Waals surface area contributed by atoms with E-state index >= 15 is 0 Å². The third-order valence-corrected chi connectivity index (χ3v) is 2.07. The van der Waals surface area contributed by atoms with E-state index in [1.165, 1.54) is 6.92 Å². The number of aliphatic carboxylic acids is 1. The van der Waals surface area contributed by atoms with Gasteiger partial charge < -0.3 is 9.84 Å². The number of ether oxygens (including phenoxy) is 1. The van der Waals surface area contributed by atoms with Crippen molar-refractivity contribution in [2.24, 2.45) is 0 Å². The minimum Gasteiger partial charge on any atom is -0.479 e. The van der Waals surface area contributed by atoms with Crippen LogP contribution >= 0.6 is 0 Å². The molecule has 1 N–H and O–H groups in total. The second-order valence-corrected chi connectivity index (χ2v) is 3.32. The second kappa shape index (κ2) is 5.35. The minimum atomic E-state index is -1.19. The minimum absolute atomic E-state index is 0.00287. The SMILES string of the molecule is C[C@@H](OCc1cc(F)ccc1[N+](=O)[O-])C(=O)O. The molecule has 1 rings (SSSR count). The first-order valence-electron chi connectivity index (χ1n) is 4.69. The molecule has 1 atom stereocenters. The Morgan fingerprint density at radius 2 is 2.29 bits per heavy atom. The van der Waals surface area contributed by atoms with E-state index in [1.807, 2.05) is 0 Å². The lowest BCUT2D eigenvalue weighted by Crippen LogP contribution is -2.19. The van der Waals surface area contributed by atoms with E-state index in [0.29, 0.717) is 0 Å². The van der Waals surface area contributed by atoms with Crippen molar-refractivity contribution in [1.29, 1.82) is 0 Å². The first-order chi connectivity index (χ1) is 7.91. The van der Waals surface area contributed by atoms with Crippen LogP contribution in [0.25, 0.3) is 0 Å². The lowest BCUT2D eigenvalue weighted by Gasteiger charge is -2.08. The molecule has 92 valence electrons. The van der Waals surface area contributed by atoms with Gasteiger partial charge in [0.2, 0.25) is 0 Å². The fraction of sp³-hybridized carbons (Fsp3) is 0.300. The van der Waals surface area contributed by atoms with Gasteiger partial charge in [-0.05, 0) is 19.1 Å². The largest absolute Gasteiger partial charge is 0.479 e. The van der Waals surface area contributed by atoms with Crippen LogP contribution in [0.4, 0.5) is 10.1 Å². The Hall–Kier alpha value is -2.02. The van der Waals surface area contributed by atoms with Gasteiger partial charge in [-0.25, -0.2) is 9.18 Å². The number of nitro benzene ring substituents is 1. The molecule has 0 fully saturated rings. The van der Waals surface area contributed by atoms with Crippen LogP contribution in [-0.2, 0) is 16.1 Å². The highest BCUT2D eigenvalue weighted by atomic mass is 19.1. The molecule has 0 aliphatic carbocycles. The van der Waals surface area contributed by atoms with Gasteiger partial charge in [0.1, 0.15) is 5.82 Å². The zero-order valence-corrected chi connectivity index (χ0v) is 8.92. The van der Waals surface area contributed by atoms with Gasteiger partial charge in [0.25, 0.3) is 5.69 Å². The third kappa shape index (κ3) is 3.49. The van der Waals surface area contributed by atoms with E-state index in [-0.39, 0.29) is 17.9 Å². The molecule has 0 radical (unpaired) electrons. The van der Waals surface area contributed by atoms with Crippen molar-refractivity contribution in [2.45, 2.75) is 19.6 Å². The maximum Gasteiger partial charge on any atom is 0.332 e. The summed E-state index contributed by atoms with van der Waals surface area (Å²) in [5.74, 6) is -1.83. The van der Waals surface area contributed by atoms with Crippen molar-refractivity contribution in [2.75, 3.05) is 0 Å². The molecule has 1 aromatic carbocycles. The van der Waals surface area contributed by atoms with E-state index in [9.17, 15) is 19.3 Å². The van der Waals surface area contributed by atoms with Gasteiger partial charge in [0.05, 0.1) is 17.1 Å². The van der Waals surface area contributed by atoms with Gasteiger partial charge in [-0.2, -0.15) is 0 Å². The van der Waals surface area contributed by atoms with E-state index < -0.39 is 22.8 Å². The maximum atomic E-state index is 12.9. The van der Waals surface area contributed by atoms with Crippen LogP contribution < -0.4 is 0 Å². The molecule has 0 amide bonds. The molecule has 0 saturated carbocycles. The fourth-order valence-electron chi connectivity index (χ4n) is 1.13. The topological polar surface area (TPSA) is 89.7 Å². The molecule has 0 spiro atoms. The van der Waals surface area contributed by atoms with E-state index in [2.05, 4.69) is 0 Å². The summed E-state index contributed by atoms with van der Waals surface area (Å²) in [4.78, 5) is 20.4. The Bertz CT molecular complexity index is 448. The Morgan fingerprint density at radius 3 is 2.82 bits per heavy atom. The molecule has 0 saturated heterocycles.